The Kier molecular flexibility index (Phi) is 3.13. The van der Waals surface area contributed by atoms with E-state index < -0.39 is 23.3 Å². The van der Waals surface area contributed by atoms with Gasteiger partial charge in [-0.2, -0.15) is 0 Å². The zero-order valence-corrected chi connectivity index (χ0v) is 8.55. The summed E-state index contributed by atoms with van der Waals surface area (Å²) in [4.78, 5) is 0. The van der Waals surface area contributed by atoms with Crippen LogP contribution in [0.15, 0.2) is 36.4 Å². The highest BCUT2D eigenvalue weighted by Crippen LogP contribution is 2.17. The van der Waals surface area contributed by atoms with E-state index in [0.717, 1.165) is 36.4 Å². The first kappa shape index (κ1) is 11.6. The van der Waals surface area contributed by atoms with Crippen molar-refractivity contribution in [1.29, 1.82) is 0 Å². The maximum atomic E-state index is 12.9. The average molecular weight is 239 g/mol. The smallest absolute Gasteiger partial charge is 0.126 e. The number of benzene rings is 2. The number of rotatable bonds is 2. The van der Waals surface area contributed by atoms with Crippen molar-refractivity contribution in [3.63, 3.8) is 0 Å². The molecular weight excluding hydrogens is 232 g/mol. The van der Waals surface area contributed by atoms with E-state index in [1.54, 1.807) is 0 Å². The highest BCUT2D eigenvalue weighted by atomic mass is 19.1. The van der Waals surface area contributed by atoms with Gasteiger partial charge in [-0.25, -0.2) is 17.6 Å². The second-order valence-corrected chi connectivity index (χ2v) is 3.55. The predicted molar refractivity (Wildman–Crippen MR) is 55.2 cm³/mol. The van der Waals surface area contributed by atoms with Crippen LogP contribution in [0.5, 0.6) is 0 Å². The number of hydrogen-bond donors (Lipinski definition) is 0. The van der Waals surface area contributed by atoms with E-state index in [1.165, 1.54) is 6.42 Å². The van der Waals surface area contributed by atoms with Crippen molar-refractivity contribution in [2.24, 2.45) is 0 Å². The lowest BCUT2D eigenvalue weighted by Crippen LogP contribution is -1.91. The summed E-state index contributed by atoms with van der Waals surface area (Å²) in [5.41, 5.74) is 0.403. The van der Waals surface area contributed by atoms with Crippen LogP contribution < -0.4 is 0 Å². The first-order chi connectivity index (χ1) is 8.02. The average Bonchev–Trinajstić information content (AvgIpc) is 2.13. The summed E-state index contributed by atoms with van der Waals surface area (Å²) in [6.07, 6.45) is 1.29. The number of hydrogen-bond acceptors (Lipinski definition) is 0. The molecule has 2 aromatic rings. The fourth-order valence-electron chi connectivity index (χ4n) is 1.51. The Morgan fingerprint density at radius 1 is 0.529 bits per heavy atom. The molecule has 0 fully saturated rings. The lowest BCUT2D eigenvalue weighted by Gasteiger charge is -2.03. The topological polar surface area (TPSA) is 0 Å². The van der Waals surface area contributed by atoms with E-state index in [0.29, 0.717) is 0 Å². The van der Waals surface area contributed by atoms with Gasteiger partial charge in [0.05, 0.1) is 0 Å². The van der Waals surface area contributed by atoms with Gasteiger partial charge in [-0.15, -0.1) is 0 Å². The third-order valence-corrected chi connectivity index (χ3v) is 2.10. The Balaban J connectivity index is 2.31. The van der Waals surface area contributed by atoms with Gasteiger partial charge >= 0.3 is 0 Å². The van der Waals surface area contributed by atoms with Crippen LogP contribution in [-0.4, -0.2) is 0 Å². The molecule has 87 valence electrons. The molecule has 4 heteroatoms. The molecule has 0 unspecified atom stereocenters. The van der Waals surface area contributed by atoms with E-state index in [-0.39, 0.29) is 11.1 Å². The van der Waals surface area contributed by atoms with Crippen LogP contribution in [0.25, 0.3) is 0 Å². The largest absolute Gasteiger partial charge is 0.207 e. The lowest BCUT2D eigenvalue weighted by molar-refractivity contribution is 0.581. The van der Waals surface area contributed by atoms with Gasteiger partial charge in [-0.3, -0.25) is 0 Å². The third kappa shape index (κ3) is 3.06. The first-order valence-electron chi connectivity index (χ1n) is 4.80. The molecule has 0 aliphatic rings. The molecule has 0 saturated carbocycles. The van der Waals surface area contributed by atoms with Crippen LogP contribution in [0, 0.1) is 29.7 Å². The molecule has 1 radical (unpaired) electrons. The Hall–Kier alpha value is -1.84. The second kappa shape index (κ2) is 4.57. The molecule has 0 amide bonds. The van der Waals surface area contributed by atoms with Gasteiger partial charge in [-0.05, 0) is 35.4 Å². The fourth-order valence-corrected chi connectivity index (χ4v) is 1.51. The van der Waals surface area contributed by atoms with E-state index in [1.807, 2.05) is 0 Å². The normalized spacial score (nSPS) is 10.6. The fraction of sp³-hybridized carbons (Fsp3) is 0. The van der Waals surface area contributed by atoms with Gasteiger partial charge in [0, 0.05) is 18.6 Å². The van der Waals surface area contributed by atoms with Gasteiger partial charge < -0.3 is 0 Å². The molecule has 0 spiro atoms. The molecule has 0 aliphatic carbocycles. The lowest BCUT2D eigenvalue weighted by atomic mass is 10.0. The van der Waals surface area contributed by atoms with Crippen LogP contribution in [0.2, 0.25) is 0 Å². The maximum absolute atomic E-state index is 12.9. The molecule has 0 bridgehead atoms. The quantitative estimate of drug-likeness (QED) is 0.698. The van der Waals surface area contributed by atoms with Crippen molar-refractivity contribution in [3.8, 4) is 0 Å². The zero-order chi connectivity index (χ0) is 12.4. The predicted octanol–water partition coefficient (Wildman–Crippen LogP) is 3.84. The Morgan fingerprint density at radius 2 is 0.824 bits per heavy atom. The summed E-state index contributed by atoms with van der Waals surface area (Å²) in [6.45, 7) is 0. The van der Waals surface area contributed by atoms with Gasteiger partial charge in [0.15, 0.2) is 0 Å². The zero-order valence-electron chi connectivity index (χ0n) is 8.55. The van der Waals surface area contributed by atoms with Gasteiger partial charge in [0.1, 0.15) is 23.3 Å². The van der Waals surface area contributed by atoms with Gasteiger partial charge in [0.25, 0.3) is 0 Å². The Morgan fingerprint density at radius 3 is 1.12 bits per heavy atom. The summed E-state index contributed by atoms with van der Waals surface area (Å²) in [5.74, 6) is -2.97. The molecule has 0 heterocycles. The highest BCUT2D eigenvalue weighted by molar-refractivity contribution is 5.37. The van der Waals surface area contributed by atoms with Crippen molar-refractivity contribution >= 4 is 0 Å². The summed E-state index contributed by atoms with van der Waals surface area (Å²) >= 11 is 0. The second-order valence-electron chi connectivity index (χ2n) is 3.55. The van der Waals surface area contributed by atoms with E-state index in [2.05, 4.69) is 0 Å². The Bertz CT molecular complexity index is 459. The molecule has 0 aromatic heterocycles. The monoisotopic (exact) mass is 239 g/mol. The molecule has 2 aromatic carbocycles. The van der Waals surface area contributed by atoms with E-state index in [4.69, 9.17) is 0 Å². The molecule has 0 nitrogen and oxygen atoms in total. The molecule has 2 rings (SSSR count). The SMILES string of the molecule is Fc1cc(F)cc([CH]c2cc(F)cc(F)c2)c1. The molecule has 0 aliphatic heterocycles. The maximum Gasteiger partial charge on any atom is 0.126 e. The van der Waals surface area contributed by atoms with Gasteiger partial charge in [-0.1, -0.05) is 0 Å². The van der Waals surface area contributed by atoms with Crippen molar-refractivity contribution in [2.75, 3.05) is 0 Å². The van der Waals surface area contributed by atoms with Crippen LogP contribution >= 0.6 is 0 Å². The summed E-state index contributed by atoms with van der Waals surface area (Å²) in [7, 11) is 0. The van der Waals surface area contributed by atoms with Crippen molar-refractivity contribution < 1.29 is 17.6 Å². The summed E-state index contributed by atoms with van der Waals surface area (Å²) in [6, 6.07) is 5.75. The molecule has 0 saturated heterocycles. The van der Waals surface area contributed by atoms with Crippen molar-refractivity contribution in [2.45, 2.75) is 0 Å². The minimum atomic E-state index is -0.742. The minimum Gasteiger partial charge on any atom is -0.207 e. The van der Waals surface area contributed by atoms with Crippen LogP contribution in [-0.2, 0) is 0 Å². The van der Waals surface area contributed by atoms with Crippen molar-refractivity contribution in [3.05, 3.63) is 77.2 Å². The first-order valence-corrected chi connectivity index (χ1v) is 4.80. The standard InChI is InChI=1S/C13H7F4/c14-10-2-8(3-11(15)6-10)1-9-4-12(16)7-13(17)5-9/h1-7H. The highest BCUT2D eigenvalue weighted by Gasteiger charge is 2.05. The summed E-state index contributed by atoms with van der Waals surface area (Å²) < 4.78 is 51.5. The van der Waals surface area contributed by atoms with Gasteiger partial charge in [0.2, 0.25) is 0 Å². The molecule has 0 N–H and O–H groups in total. The molecule has 17 heavy (non-hydrogen) atoms. The number of halogens is 4. The Labute approximate surface area is 95.5 Å². The van der Waals surface area contributed by atoms with E-state index >= 15 is 0 Å². The van der Waals surface area contributed by atoms with E-state index in [9.17, 15) is 17.6 Å². The van der Waals surface area contributed by atoms with Crippen LogP contribution in [0.1, 0.15) is 11.1 Å². The molecule has 0 atom stereocenters. The van der Waals surface area contributed by atoms with Crippen LogP contribution in [0.4, 0.5) is 17.6 Å². The summed E-state index contributed by atoms with van der Waals surface area (Å²) in [5, 5.41) is 0. The third-order valence-electron chi connectivity index (χ3n) is 2.10. The minimum absolute atomic E-state index is 0.201. The van der Waals surface area contributed by atoms with Crippen LogP contribution in [0.3, 0.4) is 0 Å². The van der Waals surface area contributed by atoms with Crippen molar-refractivity contribution in [1.82, 2.24) is 0 Å². The molecular formula is C13H7F4.